The van der Waals surface area contributed by atoms with Gasteiger partial charge in [0.1, 0.15) is 18.0 Å². The summed E-state index contributed by atoms with van der Waals surface area (Å²) in [5.41, 5.74) is 2.59. The van der Waals surface area contributed by atoms with Crippen LogP contribution in [0.1, 0.15) is 6.42 Å². The van der Waals surface area contributed by atoms with Gasteiger partial charge in [-0.25, -0.2) is 5.06 Å². The number of hydrogen-bond donors (Lipinski definition) is 1. The Morgan fingerprint density at radius 1 is 1.45 bits per heavy atom. The molecule has 0 radical (unpaired) electrons. The van der Waals surface area contributed by atoms with Crippen molar-refractivity contribution in [1.82, 2.24) is 10.2 Å². The zero-order valence-corrected chi connectivity index (χ0v) is 11.1. The predicted octanol–water partition coefficient (Wildman–Crippen LogP) is 1.92. The Bertz CT molecular complexity index is 597. The van der Waals surface area contributed by atoms with Gasteiger partial charge in [0, 0.05) is 17.3 Å². The largest absolute Gasteiger partial charge is 0.374 e. The van der Waals surface area contributed by atoms with E-state index in [4.69, 9.17) is 9.36 Å². The Kier molecular flexibility index (Phi) is 3.39. The summed E-state index contributed by atoms with van der Waals surface area (Å²) in [6.45, 7) is 0.607. The lowest BCUT2D eigenvalue weighted by atomic mass is 10.1. The van der Waals surface area contributed by atoms with Crippen LogP contribution < -0.4 is 5.32 Å². The van der Waals surface area contributed by atoms with Gasteiger partial charge >= 0.3 is 0 Å². The lowest BCUT2D eigenvalue weighted by Crippen LogP contribution is -2.32. The first-order valence-electron chi connectivity index (χ1n) is 6.41. The second kappa shape index (κ2) is 5.34. The minimum atomic E-state index is -0.248. The van der Waals surface area contributed by atoms with Gasteiger partial charge in [-0.05, 0) is 18.6 Å². The zero-order valence-electron chi connectivity index (χ0n) is 11.1. The van der Waals surface area contributed by atoms with Crippen molar-refractivity contribution in [3.8, 4) is 11.3 Å². The van der Waals surface area contributed by atoms with Gasteiger partial charge in [-0.15, -0.1) is 0 Å². The number of benzene rings is 1. The van der Waals surface area contributed by atoms with Gasteiger partial charge in [0.2, 0.25) is 0 Å². The van der Waals surface area contributed by atoms with E-state index < -0.39 is 0 Å². The summed E-state index contributed by atoms with van der Waals surface area (Å²) in [6.07, 6.45) is 2.26. The number of aromatic nitrogens is 1. The van der Waals surface area contributed by atoms with Crippen LogP contribution in [-0.4, -0.2) is 35.8 Å². The quantitative estimate of drug-likeness (QED) is 0.921. The molecule has 1 fully saturated rings. The highest BCUT2D eigenvalue weighted by atomic mass is 16.7. The normalized spacial score (nSPS) is 18.6. The first-order valence-corrected chi connectivity index (χ1v) is 6.41. The van der Waals surface area contributed by atoms with Crippen LogP contribution in [0.25, 0.3) is 11.3 Å². The molecule has 0 saturated carbocycles. The fourth-order valence-corrected chi connectivity index (χ4v) is 2.30. The van der Waals surface area contributed by atoms with Crippen molar-refractivity contribution in [3.05, 3.63) is 36.6 Å². The predicted molar refractivity (Wildman–Crippen MR) is 72.7 cm³/mol. The number of hydrogen-bond acceptors (Lipinski definition) is 5. The van der Waals surface area contributed by atoms with Gasteiger partial charge in [-0.2, -0.15) is 0 Å². The van der Waals surface area contributed by atoms with Crippen LogP contribution in [0.15, 0.2) is 41.1 Å². The minimum Gasteiger partial charge on any atom is -0.374 e. The first-order chi connectivity index (χ1) is 9.78. The maximum Gasteiger partial charge on any atom is 0.268 e. The van der Waals surface area contributed by atoms with E-state index in [1.165, 1.54) is 18.4 Å². The Hall–Kier alpha value is -2.34. The molecule has 6 heteroatoms. The van der Waals surface area contributed by atoms with Crippen molar-refractivity contribution < 1.29 is 14.2 Å². The summed E-state index contributed by atoms with van der Waals surface area (Å²) in [7, 11) is 1.51. The fourth-order valence-electron chi connectivity index (χ4n) is 2.30. The summed E-state index contributed by atoms with van der Waals surface area (Å²) < 4.78 is 4.84. The molecule has 1 saturated heterocycles. The van der Waals surface area contributed by atoms with Gasteiger partial charge < -0.3 is 9.84 Å². The van der Waals surface area contributed by atoms with Crippen molar-refractivity contribution in [2.75, 3.05) is 19.0 Å². The summed E-state index contributed by atoms with van der Waals surface area (Å²) in [5.74, 6) is -0.0423. The molecule has 3 rings (SSSR count). The van der Waals surface area contributed by atoms with Gasteiger partial charge in [-0.1, -0.05) is 17.3 Å². The van der Waals surface area contributed by atoms with Crippen LogP contribution in [0.4, 0.5) is 5.69 Å². The van der Waals surface area contributed by atoms with E-state index in [1.54, 1.807) is 6.07 Å². The van der Waals surface area contributed by atoms with Gasteiger partial charge in [-0.3, -0.25) is 9.63 Å². The maximum atomic E-state index is 12.0. The molecule has 1 aromatic heterocycles. The van der Waals surface area contributed by atoms with Crippen molar-refractivity contribution in [2.45, 2.75) is 12.5 Å². The third-order valence-corrected chi connectivity index (χ3v) is 3.32. The molecule has 2 aromatic rings. The molecule has 1 atom stereocenters. The molecule has 20 heavy (non-hydrogen) atoms. The van der Waals surface area contributed by atoms with E-state index in [0.717, 1.165) is 23.4 Å². The van der Waals surface area contributed by atoms with Crippen molar-refractivity contribution in [1.29, 1.82) is 0 Å². The Morgan fingerprint density at radius 3 is 3.05 bits per heavy atom. The second-order valence-electron chi connectivity index (χ2n) is 4.57. The van der Waals surface area contributed by atoms with Crippen LogP contribution >= 0.6 is 0 Å². The highest BCUT2D eigenvalue weighted by Gasteiger charge is 2.31. The molecule has 0 spiro atoms. The average molecular weight is 273 g/mol. The molecule has 1 aliphatic rings. The highest BCUT2D eigenvalue weighted by Crippen LogP contribution is 2.23. The molecular weight excluding hydrogens is 258 g/mol. The first kappa shape index (κ1) is 12.7. The second-order valence-corrected chi connectivity index (χ2v) is 4.57. The molecule has 1 unspecified atom stereocenters. The molecule has 1 aliphatic heterocycles. The number of anilines is 1. The monoisotopic (exact) mass is 273 g/mol. The third kappa shape index (κ3) is 2.37. The number of carbonyl (C=O) groups excluding carboxylic acids is 1. The van der Waals surface area contributed by atoms with Crippen LogP contribution in [0, 0.1) is 0 Å². The number of nitrogens with one attached hydrogen (secondary N) is 1. The molecular formula is C14H15N3O3. The molecule has 1 aromatic carbocycles. The summed E-state index contributed by atoms with van der Waals surface area (Å²) in [4.78, 5) is 17.0. The van der Waals surface area contributed by atoms with E-state index in [9.17, 15) is 4.79 Å². The Morgan fingerprint density at radius 2 is 2.35 bits per heavy atom. The zero-order chi connectivity index (χ0) is 13.9. The lowest BCUT2D eigenvalue weighted by molar-refractivity contribution is -0.167. The number of carbonyl (C=O) groups is 1. The van der Waals surface area contributed by atoms with E-state index in [1.807, 2.05) is 24.3 Å². The molecule has 1 N–H and O–H groups in total. The fraction of sp³-hybridized carbons (Fsp3) is 0.286. The van der Waals surface area contributed by atoms with Crippen molar-refractivity contribution in [3.63, 3.8) is 0 Å². The van der Waals surface area contributed by atoms with E-state index in [2.05, 4.69) is 10.5 Å². The topological polar surface area (TPSA) is 67.6 Å². The number of rotatable bonds is 4. The highest BCUT2D eigenvalue weighted by molar-refractivity contribution is 5.86. The molecule has 2 heterocycles. The number of hydroxylamine groups is 2. The standard InChI is InChI=1S/C14H15N3O3/c1-19-17-7-5-13(14(17)18)15-11-4-2-3-10(9-11)12-6-8-20-16-12/h2-4,6,8-9,13,15H,5,7H2,1H3. The number of nitrogens with zero attached hydrogens (tertiary/aromatic N) is 2. The maximum absolute atomic E-state index is 12.0. The van der Waals surface area contributed by atoms with E-state index in [0.29, 0.717) is 6.54 Å². The van der Waals surface area contributed by atoms with Crippen LogP contribution in [0.3, 0.4) is 0 Å². The molecule has 6 nitrogen and oxygen atoms in total. The van der Waals surface area contributed by atoms with Crippen molar-refractivity contribution in [2.24, 2.45) is 0 Å². The summed E-state index contributed by atoms with van der Waals surface area (Å²) >= 11 is 0. The molecule has 0 bridgehead atoms. The van der Waals surface area contributed by atoms with Crippen LogP contribution in [0.5, 0.6) is 0 Å². The van der Waals surface area contributed by atoms with Gasteiger partial charge in [0.25, 0.3) is 5.91 Å². The Labute approximate surface area is 116 Å². The van der Waals surface area contributed by atoms with Gasteiger partial charge in [0.05, 0.1) is 13.7 Å². The number of amides is 1. The SMILES string of the molecule is CON1CCC(Nc2cccc(-c3ccon3)c2)C1=O. The molecule has 1 amide bonds. The molecule has 0 aliphatic carbocycles. The smallest absolute Gasteiger partial charge is 0.268 e. The molecule has 104 valence electrons. The summed E-state index contributed by atoms with van der Waals surface area (Å²) in [5, 5.41) is 8.50. The average Bonchev–Trinajstić information content (AvgIpc) is 3.11. The van der Waals surface area contributed by atoms with E-state index in [-0.39, 0.29) is 11.9 Å². The van der Waals surface area contributed by atoms with Crippen molar-refractivity contribution >= 4 is 11.6 Å². The van der Waals surface area contributed by atoms with Crippen LogP contribution in [-0.2, 0) is 9.63 Å². The summed E-state index contributed by atoms with van der Waals surface area (Å²) in [6, 6.07) is 9.28. The van der Waals surface area contributed by atoms with Crippen LogP contribution in [0.2, 0.25) is 0 Å². The third-order valence-electron chi connectivity index (χ3n) is 3.32. The van der Waals surface area contributed by atoms with E-state index >= 15 is 0 Å². The minimum absolute atomic E-state index is 0.0423. The Balaban J connectivity index is 1.76. The van der Waals surface area contributed by atoms with Gasteiger partial charge in [0.15, 0.2) is 0 Å². The lowest BCUT2D eigenvalue weighted by Gasteiger charge is -2.15.